The average molecular weight is 426 g/mol. The number of para-hydroxylation sites is 1. The zero-order valence-corrected chi connectivity index (χ0v) is 18.9. The third-order valence-electron chi connectivity index (χ3n) is 8.39. The molecular formula is C25H35N3O3. The molecule has 168 valence electrons. The van der Waals surface area contributed by atoms with Gasteiger partial charge in [-0.25, -0.2) is 4.79 Å². The van der Waals surface area contributed by atoms with Gasteiger partial charge in [-0.05, 0) is 76.1 Å². The monoisotopic (exact) mass is 425 g/mol. The molecule has 3 atom stereocenters. The predicted molar refractivity (Wildman–Crippen MR) is 120 cm³/mol. The van der Waals surface area contributed by atoms with Gasteiger partial charge in [0.25, 0.3) is 0 Å². The number of anilines is 1. The van der Waals surface area contributed by atoms with Gasteiger partial charge in [-0.15, -0.1) is 0 Å². The molecule has 5 rings (SSSR count). The van der Waals surface area contributed by atoms with Crippen molar-refractivity contribution in [3.63, 3.8) is 0 Å². The van der Waals surface area contributed by atoms with E-state index in [0.717, 1.165) is 57.5 Å². The standard InChI is InChI=1S/C25H35N3O3/c1-3-31-24(30)27-12-6-7-19-15-20(16-23(19)27)26-13-10-25(11-14-26)17-28(18(2)29)22-9-5-4-8-21(22)25/h4-5,8-9,19-20,23H,3,6-7,10-17H2,1-2H3. The van der Waals surface area contributed by atoms with Gasteiger partial charge < -0.3 is 19.4 Å². The van der Waals surface area contributed by atoms with Crippen LogP contribution in [0.1, 0.15) is 57.9 Å². The Morgan fingerprint density at radius 3 is 2.65 bits per heavy atom. The van der Waals surface area contributed by atoms with Crippen LogP contribution in [0.25, 0.3) is 0 Å². The quantitative estimate of drug-likeness (QED) is 0.724. The largest absolute Gasteiger partial charge is 0.450 e. The number of piperidine rings is 2. The Balaban J connectivity index is 1.27. The molecule has 2 amide bonds. The highest BCUT2D eigenvalue weighted by Gasteiger charge is 2.49. The van der Waals surface area contributed by atoms with Gasteiger partial charge in [0.2, 0.25) is 5.91 Å². The van der Waals surface area contributed by atoms with Gasteiger partial charge in [0, 0.05) is 43.2 Å². The van der Waals surface area contributed by atoms with E-state index in [1.54, 1.807) is 6.92 Å². The first-order chi connectivity index (χ1) is 15.0. The van der Waals surface area contributed by atoms with Crippen LogP contribution >= 0.6 is 0 Å². The maximum Gasteiger partial charge on any atom is 0.410 e. The second-order valence-electron chi connectivity index (χ2n) is 9.93. The summed E-state index contributed by atoms with van der Waals surface area (Å²) in [6, 6.07) is 9.39. The molecule has 1 saturated carbocycles. The van der Waals surface area contributed by atoms with Crippen LogP contribution in [0.15, 0.2) is 24.3 Å². The molecule has 0 N–H and O–H groups in total. The lowest BCUT2D eigenvalue weighted by Crippen LogP contribution is -2.49. The summed E-state index contributed by atoms with van der Waals surface area (Å²) >= 11 is 0. The minimum atomic E-state index is -0.123. The fourth-order valence-corrected chi connectivity index (χ4v) is 6.84. The SMILES string of the molecule is CCOC(=O)N1CCCC2CC(N3CCC4(CC3)CN(C(C)=O)c3ccccc34)CC21. The van der Waals surface area contributed by atoms with Crippen molar-refractivity contribution < 1.29 is 14.3 Å². The van der Waals surface area contributed by atoms with E-state index in [1.165, 1.54) is 18.4 Å². The number of likely N-dealkylation sites (tertiary alicyclic amines) is 2. The number of benzene rings is 1. The van der Waals surface area contributed by atoms with Crippen LogP contribution in [0, 0.1) is 5.92 Å². The number of ether oxygens (including phenoxy) is 1. The molecular weight excluding hydrogens is 390 g/mol. The Bertz CT molecular complexity index is 848. The molecule has 3 unspecified atom stereocenters. The van der Waals surface area contributed by atoms with E-state index in [2.05, 4.69) is 23.1 Å². The topological polar surface area (TPSA) is 53.1 Å². The van der Waals surface area contributed by atoms with Crippen LogP contribution in [0.2, 0.25) is 0 Å². The van der Waals surface area contributed by atoms with Crippen molar-refractivity contribution in [1.82, 2.24) is 9.80 Å². The van der Waals surface area contributed by atoms with E-state index in [0.29, 0.717) is 24.6 Å². The van der Waals surface area contributed by atoms with Gasteiger partial charge in [0.1, 0.15) is 0 Å². The van der Waals surface area contributed by atoms with E-state index >= 15 is 0 Å². The first-order valence-electron chi connectivity index (χ1n) is 12.1. The summed E-state index contributed by atoms with van der Waals surface area (Å²) in [6.07, 6.45) is 6.67. The Kier molecular flexibility index (Phi) is 5.45. The molecule has 6 nitrogen and oxygen atoms in total. The average Bonchev–Trinajstić information content (AvgIpc) is 3.35. The van der Waals surface area contributed by atoms with E-state index in [4.69, 9.17) is 4.74 Å². The first kappa shape index (κ1) is 20.8. The van der Waals surface area contributed by atoms with E-state index in [1.807, 2.05) is 22.8 Å². The second-order valence-corrected chi connectivity index (χ2v) is 9.93. The highest BCUT2D eigenvalue weighted by Crippen LogP contribution is 2.48. The fraction of sp³-hybridized carbons (Fsp3) is 0.680. The van der Waals surface area contributed by atoms with Crippen LogP contribution in [-0.2, 0) is 14.9 Å². The summed E-state index contributed by atoms with van der Waals surface area (Å²) < 4.78 is 5.34. The lowest BCUT2D eigenvalue weighted by molar-refractivity contribution is -0.116. The van der Waals surface area contributed by atoms with Gasteiger partial charge >= 0.3 is 6.09 Å². The normalized spacial score (nSPS) is 29.7. The minimum absolute atomic E-state index is 0.0983. The van der Waals surface area contributed by atoms with Gasteiger partial charge in [-0.2, -0.15) is 0 Å². The van der Waals surface area contributed by atoms with Gasteiger partial charge in [-0.3, -0.25) is 4.79 Å². The number of hydrogen-bond acceptors (Lipinski definition) is 4. The van der Waals surface area contributed by atoms with Gasteiger partial charge in [-0.1, -0.05) is 18.2 Å². The number of nitrogens with zero attached hydrogens (tertiary/aromatic N) is 3. The molecule has 4 aliphatic rings. The summed E-state index contributed by atoms with van der Waals surface area (Å²) in [5.74, 6) is 0.755. The Hall–Kier alpha value is -2.08. The molecule has 2 saturated heterocycles. The molecule has 1 aromatic rings. The van der Waals surface area contributed by atoms with E-state index in [-0.39, 0.29) is 17.4 Å². The van der Waals surface area contributed by atoms with E-state index < -0.39 is 0 Å². The molecule has 1 aromatic carbocycles. The zero-order chi connectivity index (χ0) is 21.6. The first-order valence-corrected chi connectivity index (χ1v) is 12.1. The van der Waals surface area contributed by atoms with Gasteiger partial charge in [0.15, 0.2) is 0 Å². The number of fused-ring (bicyclic) bond motifs is 3. The molecule has 1 aliphatic carbocycles. The van der Waals surface area contributed by atoms with Crippen LogP contribution in [-0.4, -0.2) is 66.7 Å². The summed E-state index contributed by atoms with van der Waals surface area (Å²) in [7, 11) is 0. The second kappa shape index (κ2) is 8.12. The smallest absolute Gasteiger partial charge is 0.410 e. The van der Waals surface area contributed by atoms with Crippen molar-refractivity contribution >= 4 is 17.7 Å². The number of carbonyl (C=O) groups is 2. The summed E-state index contributed by atoms with van der Waals surface area (Å²) in [6.45, 7) is 7.82. The maximum atomic E-state index is 12.5. The molecule has 31 heavy (non-hydrogen) atoms. The third-order valence-corrected chi connectivity index (χ3v) is 8.39. The molecule has 0 radical (unpaired) electrons. The Morgan fingerprint density at radius 2 is 1.90 bits per heavy atom. The zero-order valence-electron chi connectivity index (χ0n) is 18.9. The molecule has 3 heterocycles. The van der Waals surface area contributed by atoms with E-state index in [9.17, 15) is 9.59 Å². The summed E-state index contributed by atoms with van der Waals surface area (Å²) in [5.41, 5.74) is 2.57. The lowest BCUT2D eigenvalue weighted by atomic mass is 9.74. The number of rotatable bonds is 2. The summed E-state index contributed by atoms with van der Waals surface area (Å²) in [4.78, 5) is 31.4. The predicted octanol–water partition coefficient (Wildman–Crippen LogP) is 3.79. The maximum absolute atomic E-state index is 12.5. The van der Waals surface area contributed by atoms with Crippen molar-refractivity contribution in [1.29, 1.82) is 0 Å². The lowest BCUT2D eigenvalue weighted by Gasteiger charge is -2.42. The van der Waals surface area contributed by atoms with Crippen LogP contribution in [0.5, 0.6) is 0 Å². The molecule has 0 bridgehead atoms. The molecule has 0 aromatic heterocycles. The molecule has 3 fully saturated rings. The number of carbonyl (C=O) groups excluding carboxylic acids is 2. The van der Waals surface area contributed by atoms with Crippen LogP contribution in [0.3, 0.4) is 0 Å². The summed E-state index contributed by atoms with van der Waals surface area (Å²) in [5, 5.41) is 0. The van der Waals surface area contributed by atoms with Crippen molar-refractivity contribution in [3.8, 4) is 0 Å². The number of hydrogen-bond donors (Lipinski definition) is 0. The fourth-order valence-electron chi connectivity index (χ4n) is 6.84. The Labute approximate surface area is 185 Å². The van der Waals surface area contributed by atoms with Crippen molar-refractivity contribution in [2.24, 2.45) is 5.92 Å². The molecule has 1 spiro atoms. The van der Waals surface area contributed by atoms with Crippen LogP contribution < -0.4 is 4.90 Å². The van der Waals surface area contributed by atoms with Crippen molar-refractivity contribution in [2.75, 3.05) is 37.7 Å². The Morgan fingerprint density at radius 1 is 1.13 bits per heavy atom. The van der Waals surface area contributed by atoms with Crippen LogP contribution in [0.4, 0.5) is 10.5 Å². The van der Waals surface area contributed by atoms with Crippen molar-refractivity contribution in [3.05, 3.63) is 29.8 Å². The molecule has 3 aliphatic heterocycles. The highest BCUT2D eigenvalue weighted by molar-refractivity contribution is 5.94. The van der Waals surface area contributed by atoms with Gasteiger partial charge in [0.05, 0.1) is 6.61 Å². The minimum Gasteiger partial charge on any atom is -0.450 e. The number of amides is 2. The molecule has 6 heteroatoms. The third kappa shape index (κ3) is 3.53. The van der Waals surface area contributed by atoms with Crippen molar-refractivity contribution in [2.45, 2.75) is 69.9 Å². The highest BCUT2D eigenvalue weighted by atomic mass is 16.6.